The Labute approximate surface area is 116 Å². The summed E-state index contributed by atoms with van der Waals surface area (Å²) >= 11 is 0. The number of hydrogen-bond donors (Lipinski definition) is 1. The van der Waals surface area contributed by atoms with Crippen LogP contribution in [0.15, 0.2) is 18.2 Å². The molecule has 3 atom stereocenters. The van der Waals surface area contributed by atoms with Crippen molar-refractivity contribution in [2.24, 2.45) is 17.6 Å². The van der Waals surface area contributed by atoms with Crippen LogP contribution in [0.5, 0.6) is 0 Å². The van der Waals surface area contributed by atoms with Crippen LogP contribution in [0.4, 0.5) is 8.78 Å². The summed E-state index contributed by atoms with van der Waals surface area (Å²) in [5.41, 5.74) is 5.51. The third kappa shape index (κ3) is 2.30. The molecule has 1 aliphatic carbocycles. The van der Waals surface area contributed by atoms with Crippen LogP contribution in [-0.2, 0) is 0 Å². The molecule has 1 saturated heterocycles. The SMILES string of the molecule is NC1CC[C@@H]2CN(C(=O)c3c(F)cccc3F)C[C@@H]2C1. The molecule has 1 unspecified atom stereocenters. The highest BCUT2D eigenvalue weighted by Crippen LogP contribution is 2.36. The van der Waals surface area contributed by atoms with Crippen molar-refractivity contribution in [3.8, 4) is 0 Å². The van der Waals surface area contributed by atoms with Crippen LogP contribution in [0, 0.1) is 23.5 Å². The molecule has 0 spiro atoms. The highest BCUT2D eigenvalue weighted by molar-refractivity contribution is 5.95. The fourth-order valence-corrected chi connectivity index (χ4v) is 3.49. The first-order valence-electron chi connectivity index (χ1n) is 7.05. The summed E-state index contributed by atoms with van der Waals surface area (Å²) in [5.74, 6) is -1.32. The van der Waals surface area contributed by atoms with Crippen molar-refractivity contribution in [1.29, 1.82) is 0 Å². The van der Waals surface area contributed by atoms with E-state index in [4.69, 9.17) is 5.73 Å². The number of likely N-dealkylation sites (tertiary alicyclic amines) is 1. The van der Waals surface area contributed by atoms with E-state index in [1.165, 1.54) is 6.07 Å². The van der Waals surface area contributed by atoms with Crippen LogP contribution in [0.3, 0.4) is 0 Å². The van der Waals surface area contributed by atoms with E-state index < -0.39 is 23.1 Å². The average Bonchev–Trinajstić information content (AvgIpc) is 2.81. The van der Waals surface area contributed by atoms with Crippen molar-refractivity contribution in [2.45, 2.75) is 25.3 Å². The first-order chi connectivity index (χ1) is 9.56. The van der Waals surface area contributed by atoms with Crippen molar-refractivity contribution in [3.63, 3.8) is 0 Å². The van der Waals surface area contributed by atoms with Crippen LogP contribution in [0.2, 0.25) is 0 Å². The van der Waals surface area contributed by atoms with E-state index in [1.807, 2.05) is 0 Å². The molecule has 20 heavy (non-hydrogen) atoms. The Morgan fingerprint density at radius 2 is 1.80 bits per heavy atom. The smallest absolute Gasteiger partial charge is 0.259 e. The molecule has 5 heteroatoms. The molecule has 108 valence electrons. The number of rotatable bonds is 1. The zero-order valence-corrected chi connectivity index (χ0v) is 11.2. The highest BCUT2D eigenvalue weighted by Gasteiger charge is 2.39. The monoisotopic (exact) mass is 280 g/mol. The summed E-state index contributed by atoms with van der Waals surface area (Å²) in [6.45, 7) is 1.15. The second-order valence-corrected chi connectivity index (χ2v) is 5.90. The number of carbonyl (C=O) groups is 1. The molecule has 2 N–H and O–H groups in total. The predicted molar refractivity (Wildman–Crippen MR) is 71.1 cm³/mol. The van der Waals surface area contributed by atoms with Crippen molar-refractivity contribution in [2.75, 3.05) is 13.1 Å². The number of halogens is 2. The van der Waals surface area contributed by atoms with Gasteiger partial charge in [-0.05, 0) is 43.2 Å². The number of benzene rings is 1. The fourth-order valence-electron chi connectivity index (χ4n) is 3.49. The molecule has 3 nitrogen and oxygen atoms in total. The Balaban J connectivity index is 1.79. The molecule has 3 rings (SSSR count). The van der Waals surface area contributed by atoms with Gasteiger partial charge in [0.15, 0.2) is 0 Å². The maximum absolute atomic E-state index is 13.7. The summed E-state index contributed by atoms with van der Waals surface area (Å²) < 4.78 is 27.4. The van der Waals surface area contributed by atoms with Gasteiger partial charge in [0, 0.05) is 19.1 Å². The fraction of sp³-hybridized carbons (Fsp3) is 0.533. The summed E-state index contributed by atoms with van der Waals surface area (Å²) in [6.07, 6.45) is 2.86. The van der Waals surface area contributed by atoms with Gasteiger partial charge >= 0.3 is 0 Å². The van der Waals surface area contributed by atoms with Crippen LogP contribution in [0.25, 0.3) is 0 Å². The second kappa shape index (κ2) is 5.13. The lowest BCUT2D eigenvalue weighted by Crippen LogP contribution is -2.32. The Hall–Kier alpha value is -1.49. The average molecular weight is 280 g/mol. The van der Waals surface area contributed by atoms with Gasteiger partial charge in [-0.2, -0.15) is 0 Å². The first-order valence-corrected chi connectivity index (χ1v) is 7.05. The molecular weight excluding hydrogens is 262 g/mol. The second-order valence-electron chi connectivity index (χ2n) is 5.90. The van der Waals surface area contributed by atoms with E-state index >= 15 is 0 Å². The van der Waals surface area contributed by atoms with E-state index in [-0.39, 0.29) is 6.04 Å². The van der Waals surface area contributed by atoms with Crippen molar-refractivity contribution < 1.29 is 13.6 Å². The number of nitrogens with zero attached hydrogens (tertiary/aromatic N) is 1. The lowest BCUT2D eigenvalue weighted by molar-refractivity contribution is 0.0774. The maximum Gasteiger partial charge on any atom is 0.259 e. The number of carbonyl (C=O) groups excluding carboxylic acids is 1. The molecule has 1 heterocycles. The zero-order valence-electron chi connectivity index (χ0n) is 11.2. The molecule has 1 aliphatic heterocycles. The van der Waals surface area contributed by atoms with Gasteiger partial charge in [-0.15, -0.1) is 0 Å². The van der Waals surface area contributed by atoms with Crippen LogP contribution >= 0.6 is 0 Å². The first kappa shape index (κ1) is 13.5. The van der Waals surface area contributed by atoms with Gasteiger partial charge in [-0.25, -0.2) is 8.78 Å². The third-order valence-electron chi connectivity index (χ3n) is 4.55. The van der Waals surface area contributed by atoms with Crippen LogP contribution < -0.4 is 5.73 Å². The third-order valence-corrected chi connectivity index (χ3v) is 4.55. The van der Waals surface area contributed by atoms with Gasteiger partial charge in [-0.1, -0.05) is 6.07 Å². The molecule has 1 aromatic carbocycles. The predicted octanol–water partition coefficient (Wildman–Crippen LogP) is 2.16. The normalized spacial score (nSPS) is 29.4. The van der Waals surface area contributed by atoms with Crippen molar-refractivity contribution >= 4 is 5.91 Å². The minimum Gasteiger partial charge on any atom is -0.338 e. The van der Waals surface area contributed by atoms with Gasteiger partial charge in [0.2, 0.25) is 0 Å². The minimum atomic E-state index is -0.790. The van der Waals surface area contributed by atoms with Gasteiger partial charge < -0.3 is 10.6 Å². The molecule has 0 aromatic heterocycles. The van der Waals surface area contributed by atoms with Crippen LogP contribution in [-0.4, -0.2) is 29.9 Å². The van der Waals surface area contributed by atoms with E-state index in [0.717, 1.165) is 31.4 Å². The van der Waals surface area contributed by atoms with Crippen molar-refractivity contribution in [1.82, 2.24) is 4.90 Å². The van der Waals surface area contributed by atoms with E-state index in [1.54, 1.807) is 4.90 Å². The van der Waals surface area contributed by atoms with E-state index in [0.29, 0.717) is 24.9 Å². The molecule has 0 radical (unpaired) electrons. The largest absolute Gasteiger partial charge is 0.338 e. The molecule has 1 aromatic rings. The summed E-state index contributed by atoms with van der Waals surface area (Å²) in [4.78, 5) is 13.9. The Morgan fingerprint density at radius 1 is 1.15 bits per heavy atom. The number of hydrogen-bond acceptors (Lipinski definition) is 2. The van der Waals surface area contributed by atoms with E-state index in [9.17, 15) is 13.6 Å². The number of amides is 1. The Kier molecular flexibility index (Phi) is 3.46. The molecular formula is C15H18F2N2O. The molecule has 1 amide bonds. The summed E-state index contributed by atoms with van der Waals surface area (Å²) in [7, 11) is 0. The molecule has 1 saturated carbocycles. The number of fused-ring (bicyclic) bond motifs is 1. The Morgan fingerprint density at radius 3 is 2.50 bits per heavy atom. The van der Waals surface area contributed by atoms with Crippen molar-refractivity contribution in [3.05, 3.63) is 35.4 Å². The summed E-state index contributed by atoms with van der Waals surface area (Å²) in [6, 6.07) is 3.70. The highest BCUT2D eigenvalue weighted by atomic mass is 19.1. The lowest BCUT2D eigenvalue weighted by Gasteiger charge is -2.27. The standard InChI is InChI=1S/C15H18F2N2O/c16-12-2-1-3-13(17)14(12)15(20)19-7-9-4-5-11(18)6-10(9)8-19/h1-3,9-11H,4-8,18H2/t9-,10+,11?/m1/s1. The summed E-state index contributed by atoms with van der Waals surface area (Å²) in [5, 5.41) is 0. The quantitative estimate of drug-likeness (QED) is 0.857. The minimum absolute atomic E-state index is 0.191. The van der Waals surface area contributed by atoms with Crippen LogP contribution in [0.1, 0.15) is 29.6 Å². The number of nitrogens with two attached hydrogens (primary N) is 1. The zero-order chi connectivity index (χ0) is 14.3. The van der Waals surface area contributed by atoms with E-state index in [2.05, 4.69) is 0 Å². The Bertz CT molecular complexity index is 514. The maximum atomic E-state index is 13.7. The topological polar surface area (TPSA) is 46.3 Å². The van der Waals surface area contributed by atoms with Gasteiger partial charge in [-0.3, -0.25) is 4.79 Å². The van der Waals surface area contributed by atoms with Gasteiger partial charge in [0.1, 0.15) is 17.2 Å². The molecule has 2 fully saturated rings. The van der Waals surface area contributed by atoms with Gasteiger partial charge in [0.25, 0.3) is 5.91 Å². The van der Waals surface area contributed by atoms with Gasteiger partial charge in [0.05, 0.1) is 0 Å². The lowest BCUT2D eigenvalue weighted by atomic mass is 9.79. The molecule has 0 bridgehead atoms. The molecule has 2 aliphatic rings.